The third-order valence-electron chi connectivity index (χ3n) is 4.38. The van der Waals surface area contributed by atoms with Crippen molar-refractivity contribution in [3.8, 4) is 22.3 Å². The van der Waals surface area contributed by atoms with Gasteiger partial charge in [0.1, 0.15) is 0 Å². The molecule has 0 saturated heterocycles. The average molecular weight is 331 g/mol. The van der Waals surface area contributed by atoms with Gasteiger partial charge < -0.3 is 5.11 Å². The number of carboxylic acid groups (broad SMARTS) is 1. The van der Waals surface area contributed by atoms with Crippen molar-refractivity contribution >= 4 is 5.97 Å². The summed E-state index contributed by atoms with van der Waals surface area (Å²) in [5.41, 5.74) is 7.88. The third-order valence-corrected chi connectivity index (χ3v) is 4.38. The molecular formula is C22H21NO2. The number of carbonyl (C=O) groups is 1. The summed E-state index contributed by atoms with van der Waals surface area (Å²) in [4.78, 5) is 15.1. The smallest absolute Gasteiger partial charge is 0.303 e. The maximum Gasteiger partial charge on any atom is 0.303 e. The molecule has 1 aromatic heterocycles. The van der Waals surface area contributed by atoms with Gasteiger partial charge in [0, 0.05) is 24.4 Å². The number of hydrogen-bond donors (Lipinski definition) is 1. The van der Waals surface area contributed by atoms with Gasteiger partial charge in [0.15, 0.2) is 0 Å². The highest BCUT2D eigenvalue weighted by Gasteiger charge is 2.10. The Balaban J connectivity index is 2.00. The van der Waals surface area contributed by atoms with Crippen LogP contribution >= 0.6 is 0 Å². The Bertz CT molecular complexity index is 901. The van der Waals surface area contributed by atoms with Gasteiger partial charge >= 0.3 is 5.97 Å². The highest BCUT2D eigenvalue weighted by molar-refractivity contribution is 5.75. The maximum atomic E-state index is 11.0. The van der Waals surface area contributed by atoms with Crippen LogP contribution in [0.4, 0.5) is 0 Å². The van der Waals surface area contributed by atoms with Crippen molar-refractivity contribution in [2.45, 2.75) is 26.7 Å². The van der Waals surface area contributed by atoms with Crippen molar-refractivity contribution in [1.29, 1.82) is 0 Å². The first-order valence-corrected chi connectivity index (χ1v) is 8.37. The molecule has 0 aliphatic heterocycles. The molecule has 0 radical (unpaired) electrons. The van der Waals surface area contributed by atoms with Crippen LogP contribution in [-0.2, 0) is 11.2 Å². The van der Waals surface area contributed by atoms with Crippen LogP contribution in [0, 0.1) is 13.8 Å². The van der Waals surface area contributed by atoms with E-state index in [2.05, 4.69) is 54.4 Å². The van der Waals surface area contributed by atoms with Gasteiger partial charge in [0.25, 0.3) is 0 Å². The van der Waals surface area contributed by atoms with Gasteiger partial charge in [-0.05, 0) is 54.2 Å². The summed E-state index contributed by atoms with van der Waals surface area (Å²) in [5.74, 6) is -0.768. The van der Waals surface area contributed by atoms with E-state index >= 15 is 0 Å². The Kier molecular flexibility index (Phi) is 4.94. The molecule has 0 fully saturated rings. The van der Waals surface area contributed by atoms with Crippen LogP contribution in [0.2, 0.25) is 0 Å². The van der Waals surface area contributed by atoms with E-state index in [1.165, 1.54) is 5.56 Å². The quantitative estimate of drug-likeness (QED) is 0.712. The Hall–Kier alpha value is -2.94. The average Bonchev–Trinajstić information content (AvgIpc) is 2.60. The number of aryl methyl sites for hydroxylation is 3. The van der Waals surface area contributed by atoms with Crippen molar-refractivity contribution in [3.05, 3.63) is 77.6 Å². The van der Waals surface area contributed by atoms with Crippen LogP contribution in [-0.4, -0.2) is 16.1 Å². The molecule has 3 aromatic rings. The van der Waals surface area contributed by atoms with Crippen LogP contribution in [0.1, 0.15) is 23.1 Å². The summed E-state index contributed by atoms with van der Waals surface area (Å²) in [5, 5.41) is 9.01. The number of hydrogen-bond acceptors (Lipinski definition) is 2. The summed E-state index contributed by atoms with van der Waals surface area (Å²) >= 11 is 0. The van der Waals surface area contributed by atoms with Crippen LogP contribution in [0.15, 0.2) is 60.9 Å². The van der Waals surface area contributed by atoms with Gasteiger partial charge in [-0.2, -0.15) is 0 Å². The fraction of sp³-hybridized carbons (Fsp3) is 0.182. The second kappa shape index (κ2) is 7.31. The number of rotatable bonds is 5. The first-order chi connectivity index (χ1) is 12.0. The van der Waals surface area contributed by atoms with E-state index in [0.29, 0.717) is 6.42 Å². The van der Waals surface area contributed by atoms with E-state index in [1.807, 2.05) is 19.2 Å². The van der Waals surface area contributed by atoms with Crippen LogP contribution in [0.5, 0.6) is 0 Å². The Morgan fingerprint density at radius 1 is 1.00 bits per heavy atom. The molecule has 2 aromatic carbocycles. The zero-order chi connectivity index (χ0) is 17.8. The molecule has 0 aliphatic carbocycles. The van der Waals surface area contributed by atoms with E-state index in [1.54, 1.807) is 6.20 Å². The summed E-state index contributed by atoms with van der Waals surface area (Å²) in [6.07, 6.45) is 4.32. The molecule has 0 unspecified atom stereocenters. The van der Waals surface area contributed by atoms with Gasteiger partial charge in [-0.25, -0.2) is 0 Å². The number of aromatic nitrogens is 1. The molecule has 0 amide bonds. The Labute approximate surface area is 148 Å². The molecule has 1 N–H and O–H groups in total. The second-order valence-electron chi connectivity index (χ2n) is 6.33. The van der Waals surface area contributed by atoms with Gasteiger partial charge in [0.05, 0.1) is 0 Å². The van der Waals surface area contributed by atoms with Crippen molar-refractivity contribution in [2.24, 2.45) is 0 Å². The van der Waals surface area contributed by atoms with E-state index in [9.17, 15) is 4.79 Å². The highest BCUT2D eigenvalue weighted by atomic mass is 16.4. The number of aliphatic carboxylic acids is 1. The first-order valence-electron chi connectivity index (χ1n) is 8.37. The van der Waals surface area contributed by atoms with Crippen LogP contribution in [0.25, 0.3) is 22.3 Å². The van der Waals surface area contributed by atoms with Crippen molar-refractivity contribution in [3.63, 3.8) is 0 Å². The van der Waals surface area contributed by atoms with Crippen molar-refractivity contribution in [1.82, 2.24) is 4.98 Å². The predicted molar refractivity (Wildman–Crippen MR) is 101 cm³/mol. The fourth-order valence-electron chi connectivity index (χ4n) is 3.13. The summed E-state index contributed by atoms with van der Waals surface area (Å²) < 4.78 is 0. The molecule has 0 atom stereocenters. The molecule has 0 spiro atoms. The summed E-state index contributed by atoms with van der Waals surface area (Å²) in [6, 6.07) is 16.6. The van der Waals surface area contributed by atoms with Gasteiger partial charge in [-0.1, -0.05) is 48.0 Å². The van der Waals surface area contributed by atoms with Gasteiger partial charge in [-0.15, -0.1) is 0 Å². The third kappa shape index (κ3) is 3.94. The molecule has 126 valence electrons. The van der Waals surface area contributed by atoms with Gasteiger partial charge in [0.2, 0.25) is 0 Å². The minimum Gasteiger partial charge on any atom is -0.481 e. The highest BCUT2D eigenvalue weighted by Crippen LogP contribution is 2.31. The van der Waals surface area contributed by atoms with Crippen LogP contribution in [0.3, 0.4) is 0 Å². The SMILES string of the molecule is Cc1ccc(-c2ccc(-c3cccnc3)c(C)c2)c(CCC(=O)O)c1. The minimum absolute atomic E-state index is 0.142. The lowest BCUT2D eigenvalue weighted by Crippen LogP contribution is -1.99. The lowest BCUT2D eigenvalue weighted by atomic mass is 9.92. The fourth-order valence-corrected chi connectivity index (χ4v) is 3.13. The molecule has 3 heteroatoms. The van der Waals surface area contributed by atoms with E-state index < -0.39 is 5.97 Å². The topological polar surface area (TPSA) is 50.2 Å². The molecule has 0 aliphatic rings. The standard InChI is InChI=1S/C22H21NO2/c1-15-5-8-21(17(12-15)7-10-22(24)25)18-6-9-20(16(2)13-18)19-4-3-11-23-14-19/h3-6,8-9,11-14H,7,10H2,1-2H3,(H,24,25). The molecule has 0 saturated carbocycles. The number of carboxylic acids is 1. The first kappa shape index (κ1) is 16.9. The molecule has 1 heterocycles. The van der Waals surface area contributed by atoms with E-state index in [-0.39, 0.29) is 6.42 Å². The van der Waals surface area contributed by atoms with Crippen LogP contribution < -0.4 is 0 Å². The van der Waals surface area contributed by atoms with Gasteiger partial charge in [-0.3, -0.25) is 9.78 Å². The Morgan fingerprint density at radius 2 is 1.80 bits per heavy atom. The Morgan fingerprint density at radius 3 is 2.48 bits per heavy atom. The summed E-state index contributed by atoms with van der Waals surface area (Å²) in [7, 11) is 0. The molecule has 25 heavy (non-hydrogen) atoms. The lowest BCUT2D eigenvalue weighted by molar-refractivity contribution is -0.136. The van der Waals surface area contributed by atoms with Crippen molar-refractivity contribution in [2.75, 3.05) is 0 Å². The number of pyridine rings is 1. The minimum atomic E-state index is -0.768. The largest absolute Gasteiger partial charge is 0.481 e. The monoisotopic (exact) mass is 331 g/mol. The molecule has 3 rings (SSSR count). The molecule has 3 nitrogen and oxygen atoms in total. The zero-order valence-electron chi connectivity index (χ0n) is 14.5. The maximum absolute atomic E-state index is 11.0. The normalized spacial score (nSPS) is 10.6. The summed E-state index contributed by atoms with van der Waals surface area (Å²) in [6.45, 7) is 4.13. The zero-order valence-corrected chi connectivity index (χ0v) is 14.5. The molecular weight excluding hydrogens is 310 g/mol. The van der Waals surface area contributed by atoms with Crippen molar-refractivity contribution < 1.29 is 9.90 Å². The van der Waals surface area contributed by atoms with E-state index in [4.69, 9.17) is 5.11 Å². The number of nitrogens with zero attached hydrogens (tertiary/aromatic N) is 1. The number of benzene rings is 2. The lowest BCUT2D eigenvalue weighted by Gasteiger charge is -2.13. The molecule has 0 bridgehead atoms. The van der Waals surface area contributed by atoms with E-state index in [0.717, 1.165) is 33.4 Å². The predicted octanol–water partition coefficient (Wildman–Crippen LogP) is 5.05. The second-order valence-corrected chi connectivity index (χ2v) is 6.33.